The monoisotopic (exact) mass is 340 g/mol. The van der Waals surface area contributed by atoms with Crippen molar-refractivity contribution in [3.05, 3.63) is 42.6 Å². The Morgan fingerprint density at radius 1 is 1.32 bits per heavy atom. The molecular weight excluding hydrogens is 319 g/mol. The smallest absolute Gasteiger partial charge is 0.247 e. The Hall–Kier alpha value is -2.63. The van der Waals surface area contributed by atoms with Crippen molar-refractivity contribution in [3.8, 4) is 11.1 Å². The van der Waals surface area contributed by atoms with E-state index in [-0.39, 0.29) is 11.7 Å². The van der Waals surface area contributed by atoms with Gasteiger partial charge in [-0.3, -0.25) is 9.48 Å². The zero-order valence-corrected chi connectivity index (χ0v) is 14.2. The Balaban J connectivity index is 1.77. The first-order valence-corrected chi connectivity index (χ1v) is 8.68. The normalized spacial score (nSPS) is 16.9. The molecule has 5 nitrogen and oxygen atoms in total. The molecule has 0 atom stereocenters. The SMILES string of the molecule is CNC(=O)C1(n2cc(-c3c[nH]c4cc(F)ccc34)cn2)CCCCC1. The van der Waals surface area contributed by atoms with Crippen molar-refractivity contribution in [2.75, 3.05) is 7.05 Å². The molecule has 3 aromatic rings. The maximum atomic E-state index is 13.4. The number of likely N-dealkylation sites (N-methyl/N-ethyl adjacent to an activating group) is 1. The minimum atomic E-state index is -0.608. The molecule has 1 aromatic carbocycles. The summed E-state index contributed by atoms with van der Waals surface area (Å²) in [6, 6.07) is 4.70. The summed E-state index contributed by atoms with van der Waals surface area (Å²) >= 11 is 0. The molecule has 0 unspecified atom stereocenters. The third kappa shape index (κ3) is 2.52. The maximum Gasteiger partial charge on any atom is 0.247 e. The number of hydrogen-bond acceptors (Lipinski definition) is 2. The fourth-order valence-corrected chi connectivity index (χ4v) is 3.96. The second-order valence-corrected chi connectivity index (χ2v) is 6.74. The van der Waals surface area contributed by atoms with E-state index >= 15 is 0 Å². The van der Waals surface area contributed by atoms with Crippen LogP contribution in [0.4, 0.5) is 4.39 Å². The van der Waals surface area contributed by atoms with Crippen LogP contribution in [0.1, 0.15) is 32.1 Å². The average molecular weight is 340 g/mol. The van der Waals surface area contributed by atoms with E-state index in [9.17, 15) is 9.18 Å². The Morgan fingerprint density at radius 3 is 2.88 bits per heavy atom. The van der Waals surface area contributed by atoms with E-state index in [0.29, 0.717) is 0 Å². The molecule has 25 heavy (non-hydrogen) atoms. The lowest BCUT2D eigenvalue weighted by molar-refractivity contribution is -0.131. The number of rotatable bonds is 3. The zero-order valence-electron chi connectivity index (χ0n) is 14.2. The lowest BCUT2D eigenvalue weighted by Gasteiger charge is -2.35. The molecular formula is C19H21FN4O. The third-order valence-corrected chi connectivity index (χ3v) is 5.31. The van der Waals surface area contributed by atoms with Gasteiger partial charge in [0.05, 0.1) is 6.20 Å². The average Bonchev–Trinajstić information content (AvgIpc) is 3.28. The van der Waals surface area contributed by atoms with Crippen molar-refractivity contribution in [2.45, 2.75) is 37.6 Å². The molecule has 6 heteroatoms. The van der Waals surface area contributed by atoms with Gasteiger partial charge < -0.3 is 10.3 Å². The second-order valence-electron chi connectivity index (χ2n) is 6.74. The summed E-state index contributed by atoms with van der Waals surface area (Å²) in [5, 5.41) is 8.28. The number of nitrogens with one attached hydrogen (secondary N) is 2. The summed E-state index contributed by atoms with van der Waals surface area (Å²) < 4.78 is 15.2. The van der Waals surface area contributed by atoms with E-state index in [1.54, 1.807) is 19.3 Å². The number of amides is 1. The van der Waals surface area contributed by atoms with E-state index in [0.717, 1.165) is 54.1 Å². The van der Waals surface area contributed by atoms with Crippen LogP contribution in [0.25, 0.3) is 22.0 Å². The molecule has 0 bridgehead atoms. The second kappa shape index (κ2) is 6.02. The van der Waals surface area contributed by atoms with E-state index < -0.39 is 5.54 Å². The number of carbonyl (C=O) groups is 1. The topological polar surface area (TPSA) is 62.7 Å². The summed E-state index contributed by atoms with van der Waals surface area (Å²) in [4.78, 5) is 15.7. The predicted octanol–water partition coefficient (Wildman–Crippen LogP) is 3.58. The zero-order chi connectivity index (χ0) is 17.4. The van der Waals surface area contributed by atoms with Crippen molar-refractivity contribution in [3.63, 3.8) is 0 Å². The predicted molar refractivity (Wildman–Crippen MR) is 94.6 cm³/mol. The summed E-state index contributed by atoms with van der Waals surface area (Å²) in [6.07, 6.45) is 10.4. The van der Waals surface area contributed by atoms with E-state index in [1.807, 2.05) is 17.1 Å². The molecule has 4 rings (SSSR count). The van der Waals surface area contributed by atoms with Crippen LogP contribution in [0.3, 0.4) is 0 Å². The number of H-pyrrole nitrogens is 1. The molecule has 2 aromatic heterocycles. The van der Waals surface area contributed by atoms with Gasteiger partial charge in [-0.05, 0) is 31.0 Å². The molecule has 0 aliphatic heterocycles. The summed E-state index contributed by atoms with van der Waals surface area (Å²) in [6.45, 7) is 0. The van der Waals surface area contributed by atoms with Gasteiger partial charge in [-0.25, -0.2) is 4.39 Å². The number of nitrogens with zero attached hydrogens (tertiary/aromatic N) is 2. The highest BCUT2D eigenvalue weighted by atomic mass is 19.1. The first kappa shape index (κ1) is 15.9. The van der Waals surface area contributed by atoms with Crippen LogP contribution >= 0.6 is 0 Å². The number of halogens is 1. The Bertz CT molecular complexity index is 921. The van der Waals surface area contributed by atoms with Gasteiger partial charge in [-0.15, -0.1) is 0 Å². The molecule has 2 heterocycles. The van der Waals surface area contributed by atoms with Crippen molar-refractivity contribution in [1.29, 1.82) is 0 Å². The molecule has 1 aliphatic rings. The number of fused-ring (bicyclic) bond motifs is 1. The molecule has 1 aliphatic carbocycles. The highest BCUT2D eigenvalue weighted by Gasteiger charge is 2.41. The Morgan fingerprint density at radius 2 is 2.12 bits per heavy atom. The molecule has 2 N–H and O–H groups in total. The minimum absolute atomic E-state index is 0.0165. The standard InChI is InChI=1S/C19H21FN4O/c1-21-18(25)19(7-3-2-4-8-19)24-12-13(10-23-24)16-11-22-17-9-14(20)5-6-15(16)17/h5-6,9-12,22H,2-4,7-8H2,1H3,(H,21,25). The Labute approximate surface area is 145 Å². The van der Waals surface area contributed by atoms with Gasteiger partial charge in [-0.1, -0.05) is 19.3 Å². The van der Waals surface area contributed by atoms with Crippen molar-refractivity contribution in [2.24, 2.45) is 0 Å². The van der Waals surface area contributed by atoms with Crippen LogP contribution in [-0.4, -0.2) is 27.7 Å². The van der Waals surface area contributed by atoms with E-state index in [4.69, 9.17) is 0 Å². The van der Waals surface area contributed by atoms with E-state index in [2.05, 4.69) is 15.4 Å². The van der Waals surface area contributed by atoms with Gasteiger partial charge in [0.25, 0.3) is 0 Å². The quantitative estimate of drug-likeness (QED) is 0.765. The van der Waals surface area contributed by atoms with Crippen molar-refractivity contribution >= 4 is 16.8 Å². The van der Waals surface area contributed by atoms with Crippen LogP contribution < -0.4 is 5.32 Å². The summed E-state index contributed by atoms with van der Waals surface area (Å²) in [5.74, 6) is -0.250. The number of aromatic amines is 1. The highest BCUT2D eigenvalue weighted by Crippen LogP contribution is 2.37. The lowest BCUT2D eigenvalue weighted by Crippen LogP contribution is -2.49. The number of hydrogen-bond donors (Lipinski definition) is 2. The van der Waals surface area contributed by atoms with Gasteiger partial charge >= 0.3 is 0 Å². The summed E-state index contributed by atoms with van der Waals surface area (Å²) in [7, 11) is 1.68. The molecule has 1 saturated carbocycles. The van der Waals surface area contributed by atoms with Crippen LogP contribution in [0.15, 0.2) is 36.8 Å². The Kier molecular flexibility index (Phi) is 3.82. The third-order valence-electron chi connectivity index (χ3n) is 5.31. The largest absolute Gasteiger partial charge is 0.360 e. The van der Waals surface area contributed by atoms with E-state index in [1.165, 1.54) is 12.1 Å². The van der Waals surface area contributed by atoms with Crippen LogP contribution in [-0.2, 0) is 10.3 Å². The lowest BCUT2D eigenvalue weighted by atomic mass is 9.81. The maximum absolute atomic E-state index is 13.4. The van der Waals surface area contributed by atoms with Crippen LogP contribution in [0.5, 0.6) is 0 Å². The van der Waals surface area contributed by atoms with Gasteiger partial charge in [-0.2, -0.15) is 5.10 Å². The summed E-state index contributed by atoms with van der Waals surface area (Å²) in [5.41, 5.74) is 2.03. The molecule has 130 valence electrons. The first-order valence-electron chi connectivity index (χ1n) is 8.68. The van der Waals surface area contributed by atoms with Crippen molar-refractivity contribution in [1.82, 2.24) is 20.1 Å². The fourth-order valence-electron chi connectivity index (χ4n) is 3.96. The van der Waals surface area contributed by atoms with Crippen molar-refractivity contribution < 1.29 is 9.18 Å². The molecule has 1 fully saturated rings. The van der Waals surface area contributed by atoms with Gasteiger partial charge in [0.1, 0.15) is 11.4 Å². The number of aromatic nitrogens is 3. The fraction of sp³-hybridized carbons (Fsp3) is 0.368. The number of carbonyl (C=O) groups excluding carboxylic acids is 1. The molecule has 0 spiro atoms. The molecule has 0 radical (unpaired) electrons. The first-order chi connectivity index (χ1) is 12.1. The number of benzene rings is 1. The van der Waals surface area contributed by atoms with Gasteiger partial charge in [0, 0.05) is 41.5 Å². The minimum Gasteiger partial charge on any atom is -0.360 e. The molecule has 1 amide bonds. The van der Waals surface area contributed by atoms with Gasteiger partial charge in [0.15, 0.2) is 0 Å². The molecule has 0 saturated heterocycles. The van der Waals surface area contributed by atoms with Crippen LogP contribution in [0.2, 0.25) is 0 Å². The van der Waals surface area contributed by atoms with Crippen LogP contribution in [0, 0.1) is 5.82 Å². The van der Waals surface area contributed by atoms with Gasteiger partial charge in [0.2, 0.25) is 5.91 Å². The highest BCUT2D eigenvalue weighted by molar-refractivity contribution is 5.95.